The molecule has 2 rings (SSSR count). The summed E-state index contributed by atoms with van der Waals surface area (Å²) in [6, 6.07) is 17.2. The van der Waals surface area contributed by atoms with Crippen LogP contribution in [0.25, 0.3) is 0 Å². The maximum absolute atomic E-state index is 14.8. The summed E-state index contributed by atoms with van der Waals surface area (Å²) in [7, 11) is 0. The Morgan fingerprint density at radius 1 is 0.321 bits per heavy atom. The lowest BCUT2D eigenvalue weighted by Crippen LogP contribution is -2.29. The molecule has 0 saturated carbocycles. The normalized spacial score (nSPS) is 11.4. The average Bonchev–Trinajstić information content (AvgIpc) is 3.22. The molecule has 0 radical (unpaired) electrons. The van der Waals surface area contributed by atoms with Crippen molar-refractivity contribution < 1.29 is 4.79 Å². The quantitative estimate of drug-likeness (QED) is 0.0498. The first-order valence-corrected chi connectivity index (χ1v) is 24.9. The highest BCUT2D eigenvalue weighted by atomic mass is 16.1. The fraction of sp³-hybridized carbons (Fsp3) is 0.755. The van der Waals surface area contributed by atoms with Crippen LogP contribution in [0, 0.1) is 0 Å². The van der Waals surface area contributed by atoms with Crippen molar-refractivity contribution in [3.05, 3.63) is 59.7 Å². The molecule has 2 aromatic rings. The molecule has 0 spiro atoms. The first-order valence-electron chi connectivity index (χ1n) is 24.9. The van der Waals surface area contributed by atoms with Gasteiger partial charge >= 0.3 is 0 Å². The predicted molar refractivity (Wildman–Crippen MR) is 251 cm³/mol. The van der Waals surface area contributed by atoms with Crippen LogP contribution in [0.2, 0.25) is 0 Å². The van der Waals surface area contributed by atoms with Crippen molar-refractivity contribution >= 4 is 17.2 Å². The first kappa shape index (κ1) is 49.9. The molecule has 0 aromatic heterocycles. The van der Waals surface area contributed by atoms with E-state index in [2.05, 4.69) is 86.0 Å². The van der Waals surface area contributed by atoms with Crippen molar-refractivity contribution in [1.82, 2.24) is 0 Å². The van der Waals surface area contributed by atoms with Crippen molar-refractivity contribution in [3.8, 4) is 0 Å². The summed E-state index contributed by atoms with van der Waals surface area (Å²) in [6.45, 7) is 13.4. The predicted octanol–water partition coefficient (Wildman–Crippen LogP) is 17.1. The number of benzene rings is 2. The molecule has 0 aliphatic rings. The highest BCUT2D eigenvalue weighted by Gasteiger charge is 2.22. The third-order valence-electron chi connectivity index (χ3n) is 12.1. The van der Waals surface area contributed by atoms with Gasteiger partial charge in [0.05, 0.1) is 0 Å². The molecule has 56 heavy (non-hydrogen) atoms. The number of hydrogen-bond donors (Lipinski definition) is 0. The Morgan fingerprint density at radius 3 is 0.786 bits per heavy atom. The summed E-state index contributed by atoms with van der Waals surface area (Å²) in [5, 5.41) is 0. The molecule has 0 atom stereocenters. The van der Waals surface area contributed by atoms with Crippen LogP contribution in [-0.2, 0) is 0 Å². The van der Waals surface area contributed by atoms with Gasteiger partial charge in [-0.3, -0.25) is 4.79 Å². The molecule has 0 aliphatic heterocycles. The minimum absolute atomic E-state index is 0.199. The minimum atomic E-state index is 0.199. The molecule has 0 fully saturated rings. The highest BCUT2D eigenvalue weighted by molar-refractivity contribution is 6.15. The van der Waals surface area contributed by atoms with Crippen LogP contribution < -0.4 is 9.80 Å². The van der Waals surface area contributed by atoms with Crippen LogP contribution in [0.4, 0.5) is 11.4 Å². The van der Waals surface area contributed by atoms with E-state index in [-0.39, 0.29) is 5.78 Å². The average molecular weight is 773 g/mol. The zero-order chi connectivity index (χ0) is 40.2. The molecule has 0 N–H and O–H groups in total. The van der Waals surface area contributed by atoms with E-state index in [0.717, 1.165) is 48.7 Å². The second-order valence-corrected chi connectivity index (χ2v) is 17.2. The van der Waals surface area contributed by atoms with E-state index in [1.54, 1.807) is 0 Å². The number of hydrogen-bond acceptors (Lipinski definition) is 3. The molecule has 0 heterocycles. The Balaban J connectivity index is 2.20. The van der Waals surface area contributed by atoms with Gasteiger partial charge in [0.25, 0.3) is 0 Å². The van der Waals surface area contributed by atoms with Gasteiger partial charge in [-0.2, -0.15) is 0 Å². The Labute approximate surface area is 349 Å². The Bertz CT molecular complexity index is 1050. The summed E-state index contributed by atoms with van der Waals surface area (Å²) < 4.78 is 0. The van der Waals surface area contributed by atoms with Crippen molar-refractivity contribution in [3.63, 3.8) is 0 Å². The largest absolute Gasteiger partial charge is 0.371 e. The van der Waals surface area contributed by atoms with Gasteiger partial charge in [-0.25, -0.2) is 0 Å². The third-order valence-corrected chi connectivity index (χ3v) is 12.1. The summed E-state index contributed by atoms with van der Waals surface area (Å²) in [5.41, 5.74) is 4.07. The van der Waals surface area contributed by atoms with Gasteiger partial charge < -0.3 is 9.80 Å². The van der Waals surface area contributed by atoms with E-state index in [0.29, 0.717) is 0 Å². The number of carbonyl (C=O) groups excluding carboxylic acids is 1. The van der Waals surface area contributed by atoms with Crippen LogP contribution in [0.5, 0.6) is 0 Å². The van der Waals surface area contributed by atoms with Crippen molar-refractivity contribution in [1.29, 1.82) is 0 Å². The zero-order valence-electron chi connectivity index (χ0n) is 37.9. The fourth-order valence-corrected chi connectivity index (χ4v) is 8.48. The van der Waals surface area contributed by atoms with Crippen LogP contribution in [0.1, 0.15) is 249 Å². The minimum Gasteiger partial charge on any atom is -0.371 e. The number of unbranched alkanes of at least 4 members (excludes halogenated alkanes) is 28. The lowest BCUT2D eigenvalue weighted by atomic mass is 9.98. The SMILES string of the molecule is CCCCCCCCCCN(CCCCCCCCCC)c1ccccc1C(=O)c1ccccc1N(CCCCCCCCCC)CCCCCCCCCC. The van der Waals surface area contributed by atoms with Gasteiger partial charge in [0.15, 0.2) is 5.78 Å². The second kappa shape index (κ2) is 35.8. The van der Waals surface area contributed by atoms with Gasteiger partial charge in [-0.1, -0.05) is 232 Å². The van der Waals surface area contributed by atoms with Gasteiger partial charge in [-0.05, 0) is 49.9 Å². The van der Waals surface area contributed by atoms with E-state index in [9.17, 15) is 4.79 Å². The van der Waals surface area contributed by atoms with Crippen LogP contribution in [0.15, 0.2) is 48.5 Å². The maximum atomic E-state index is 14.8. The van der Waals surface area contributed by atoms with E-state index in [1.165, 1.54) is 205 Å². The highest BCUT2D eigenvalue weighted by Crippen LogP contribution is 2.30. The van der Waals surface area contributed by atoms with Gasteiger partial charge in [-0.15, -0.1) is 0 Å². The van der Waals surface area contributed by atoms with Crippen LogP contribution in [-0.4, -0.2) is 32.0 Å². The van der Waals surface area contributed by atoms with Crippen molar-refractivity contribution in [2.45, 2.75) is 233 Å². The van der Waals surface area contributed by atoms with Crippen molar-refractivity contribution in [2.24, 2.45) is 0 Å². The molecule has 0 bridgehead atoms. The van der Waals surface area contributed by atoms with Crippen LogP contribution >= 0.6 is 0 Å². The van der Waals surface area contributed by atoms with E-state index >= 15 is 0 Å². The van der Waals surface area contributed by atoms with Crippen LogP contribution in [0.3, 0.4) is 0 Å². The van der Waals surface area contributed by atoms with Crippen molar-refractivity contribution in [2.75, 3.05) is 36.0 Å². The molecular formula is C53H92N2O. The molecule has 0 amide bonds. The van der Waals surface area contributed by atoms with E-state index in [4.69, 9.17) is 0 Å². The second-order valence-electron chi connectivity index (χ2n) is 17.2. The molecule has 3 heteroatoms. The summed E-state index contributed by atoms with van der Waals surface area (Å²) in [6.07, 6.45) is 42.5. The fourth-order valence-electron chi connectivity index (χ4n) is 8.48. The lowest BCUT2D eigenvalue weighted by molar-refractivity contribution is 0.103. The number of para-hydroxylation sites is 2. The number of rotatable bonds is 40. The number of anilines is 2. The molecule has 0 unspecified atom stereocenters. The molecule has 0 saturated heterocycles. The lowest BCUT2D eigenvalue weighted by Gasteiger charge is -2.29. The third kappa shape index (κ3) is 23.2. The summed E-state index contributed by atoms with van der Waals surface area (Å²) in [5.74, 6) is 0.199. The molecular weight excluding hydrogens is 681 g/mol. The summed E-state index contributed by atoms with van der Waals surface area (Å²) in [4.78, 5) is 20.0. The first-order chi connectivity index (χ1) is 27.7. The molecule has 2 aromatic carbocycles. The maximum Gasteiger partial charge on any atom is 0.197 e. The number of nitrogens with zero attached hydrogens (tertiary/aromatic N) is 2. The molecule has 320 valence electrons. The van der Waals surface area contributed by atoms with Gasteiger partial charge in [0.1, 0.15) is 0 Å². The number of ketones is 1. The Kier molecular flexibility index (Phi) is 31.9. The zero-order valence-corrected chi connectivity index (χ0v) is 37.9. The smallest absolute Gasteiger partial charge is 0.197 e. The molecule has 3 nitrogen and oxygen atoms in total. The topological polar surface area (TPSA) is 23.6 Å². The van der Waals surface area contributed by atoms with Gasteiger partial charge in [0, 0.05) is 48.7 Å². The Morgan fingerprint density at radius 2 is 0.536 bits per heavy atom. The van der Waals surface area contributed by atoms with Gasteiger partial charge in [0.2, 0.25) is 0 Å². The standard InChI is InChI=1S/C53H92N2O/c1-5-9-13-17-21-25-29-37-45-54(46-38-30-26-22-18-14-10-6-2)51-43-35-33-41-49(51)53(56)50-42-34-36-44-52(50)55(47-39-31-27-23-19-15-11-7-3)48-40-32-28-24-20-16-12-8-4/h33-36,41-44H,5-32,37-40,45-48H2,1-4H3. The van der Waals surface area contributed by atoms with E-state index in [1.807, 2.05) is 0 Å². The monoisotopic (exact) mass is 773 g/mol. The summed E-state index contributed by atoms with van der Waals surface area (Å²) >= 11 is 0. The molecule has 0 aliphatic carbocycles. The Hall–Kier alpha value is -2.29. The van der Waals surface area contributed by atoms with E-state index < -0.39 is 0 Å². The number of carbonyl (C=O) groups is 1.